The number of ether oxygens (including phenoxy) is 1. The number of fused-ring (bicyclic) bond motifs is 5. The van der Waals surface area contributed by atoms with Crippen LogP contribution in [0.4, 0.5) is 5.69 Å². The van der Waals surface area contributed by atoms with Crippen LogP contribution in [0.5, 0.6) is 5.75 Å². The second-order valence-electron chi connectivity index (χ2n) is 7.66. The maximum atomic E-state index is 12.9. The van der Waals surface area contributed by atoms with Gasteiger partial charge in [-0.2, -0.15) is 0 Å². The first-order chi connectivity index (χ1) is 12.7. The van der Waals surface area contributed by atoms with E-state index in [1.54, 1.807) is 0 Å². The lowest BCUT2D eigenvalue weighted by Crippen LogP contribution is -2.32. The number of amides is 2. The quantitative estimate of drug-likeness (QED) is 0.790. The number of rotatable bonds is 4. The Morgan fingerprint density at radius 2 is 1.46 bits per heavy atom. The van der Waals surface area contributed by atoms with Gasteiger partial charge < -0.3 is 4.74 Å². The van der Waals surface area contributed by atoms with E-state index < -0.39 is 0 Å². The van der Waals surface area contributed by atoms with Crippen LogP contribution in [0.1, 0.15) is 24.8 Å². The van der Waals surface area contributed by atoms with Crippen molar-refractivity contribution in [2.24, 2.45) is 23.7 Å². The first-order valence-corrected chi connectivity index (χ1v) is 9.37. The van der Waals surface area contributed by atoms with Crippen molar-refractivity contribution >= 4 is 17.5 Å². The molecule has 2 aromatic rings. The molecule has 1 heterocycles. The largest absolute Gasteiger partial charge is 0.489 e. The van der Waals surface area contributed by atoms with E-state index in [2.05, 4.69) is 0 Å². The van der Waals surface area contributed by atoms with Crippen LogP contribution in [0, 0.1) is 23.7 Å². The molecule has 2 saturated carbocycles. The molecule has 0 radical (unpaired) electrons. The summed E-state index contributed by atoms with van der Waals surface area (Å²) in [4.78, 5) is 27.1. The monoisotopic (exact) mass is 347 g/mol. The number of anilines is 1. The summed E-state index contributed by atoms with van der Waals surface area (Å²) in [5.74, 6) is 1.43. The van der Waals surface area contributed by atoms with Crippen LogP contribution in [0.3, 0.4) is 0 Å². The second-order valence-corrected chi connectivity index (χ2v) is 7.66. The number of nitrogens with zero attached hydrogens (tertiary/aromatic N) is 1. The van der Waals surface area contributed by atoms with E-state index >= 15 is 0 Å². The number of benzene rings is 2. The van der Waals surface area contributed by atoms with Crippen molar-refractivity contribution in [1.29, 1.82) is 0 Å². The number of imide groups is 1. The fourth-order valence-electron chi connectivity index (χ4n) is 5.10. The molecule has 0 spiro atoms. The SMILES string of the molecule is O=C1C2C3CCC(C3)C2C(=O)N1c1ccc(OCc2ccccc2)cc1. The van der Waals surface area contributed by atoms with Gasteiger partial charge >= 0.3 is 0 Å². The summed E-state index contributed by atoms with van der Waals surface area (Å²) in [6.45, 7) is 0.495. The summed E-state index contributed by atoms with van der Waals surface area (Å²) in [7, 11) is 0. The van der Waals surface area contributed by atoms with Gasteiger partial charge in [0.25, 0.3) is 0 Å². The van der Waals surface area contributed by atoms with E-state index in [0.29, 0.717) is 24.1 Å². The Balaban J connectivity index is 1.32. The summed E-state index contributed by atoms with van der Waals surface area (Å²) in [6.07, 6.45) is 3.27. The molecule has 4 nitrogen and oxygen atoms in total. The Kier molecular flexibility index (Phi) is 3.59. The minimum Gasteiger partial charge on any atom is -0.489 e. The summed E-state index contributed by atoms with van der Waals surface area (Å²) in [5, 5.41) is 0. The van der Waals surface area contributed by atoms with E-state index in [9.17, 15) is 9.59 Å². The Hall–Kier alpha value is -2.62. The molecule has 132 valence electrons. The Bertz CT molecular complexity index is 817. The van der Waals surface area contributed by atoms with Crippen molar-refractivity contribution in [3.63, 3.8) is 0 Å². The smallest absolute Gasteiger partial charge is 0.237 e. The van der Waals surface area contributed by atoms with Crippen LogP contribution in [0.2, 0.25) is 0 Å². The van der Waals surface area contributed by atoms with Crippen LogP contribution < -0.4 is 9.64 Å². The number of carbonyl (C=O) groups is 2. The molecule has 2 bridgehead atoms. The molecule has 4 atom stereocenters. The van der Waals surface area contributed by atoms with Crippen LogP contribution in [0.15, 0.2) is 54.6 Å². The standard InChI is InChI=1S/C22H21NO3/c24-21-19-15-6-7-16(12-15)20(19)22(25)23(21)17-8-10-18(11-9-17)26-13-14-4-2-1-3-5-14/h1-5,8-11,15-16,19-20H,6-7,12-13H2. The Labute approximate surface area is 152 Å². The van der Waals surface area contributed by atoms with Gasteiger partial charge in [0.1, 0.15) is 12.4 Å². The fraction of sp³-hybridized carbons (Fsp3) is 0.364. The molecule has 2 amide bonds. The molecule has 0 N–H and O–H groups in total. The molecule has 4 unspecified atom stereocenters. The van der Waals surface area contributed by atoms with Crippen LogP contribution >= 0.6 is 0 Å². The van der Waals surface area contributed by atoms with E-state index in [-0.39, 0.29) is 23.7 Å². The molecule has 2 aliphatic carbocycles. The molecule has 3 aliphatic rings. The molecule has 1 aliphatic heterocycles. The van der Waals surface area contributed by atoms with Crippen molar-refractivity contribution < 1.29 is 14.3 Å². The molecular formula is C22H21NO3. The zero-order valence-corrected chi connectivity index (χ0v) is 14.5. The minimum absolute atomic E-state index is 0.00477. The summed E-state index contributed by atoms with van der Waals surface area (Å²) in [5.41, 5.74) is 1.77. The molecule has 26 heavy (non-hydrogen) atoms. The average Bonchev–Trinajstić information content (AvgIpc) is 3.35. The minimum atomic E-state index is -0.0738. The van der Waals surface area contributed by atoms with Gasteiger partial charge in [-0.25, -0.2) is 0 Å². The van der Waals surface area contributed by atoms with Gasteiger partial charge in [0.2, 0.25) is 11.8 Å². The van der Waals surface area contributed by atoms with E-state index in [4.69, 9.17) is 4.74 Å². The van der Waals surface area contributed by atoms with E-state index in [1.807, 2.05) is 54.6 Å². The van der Waals surface area contributed by atoms with E-state index in [1.165, 1.54) is 4.90 Å². The highest BCUT2D eigenvalue weighted by atomic mass is 16.5. The highest BCUT2D eigenvalue weighted by Gasteiger charge is 2.61. The van der Waals surface area contributed by atoms with Crippen molar-refractivity contribution in [1.82, 2.24) is 0 Å². The van der Waals surface area contributed by atoms with Gasteiger partial charge in [-0.05, 0) is 60.9 Å². The van der Waals surface area contributed by atoms with Crippen molar-refractivity contribution in [3.8, 4) is 5.75 Å². The number of hydrogen-bond acceptors (Lipinski definition) is 3. The highest BCUT2D eigenvalue weighted by Crippen LogP contribution is 2.56. The van der Waals surface area contributed by atoms with Crippen LogP contribution in [0.25, 0.3) is 0 Å². The fourth-order valence-corrected chi connectivity index (χ4v) is 5.10. The lowest BCUT2D eigenvalue weighted by molar-refractivity contribution is -0.123. The molecule has 0 aromatic heterocycles. The van der Waals surface area contributed by atoms with Gasteiger partial charge in [-0.1, -0.05) is 30.3 Å². The molecule has 3 fully saturated rings. The first kappa shape index (κ1) is 15.6. The molecule has 2 aromatic carbocycles. The third-order valence-electron chi connectivity index (χ3n) is 6.27. The third-order valence-corrected chi connectivity index (χ3v) is 6.27. The van der Waals surface area contributed by atoms with Crippen molar-refractivity contribution in [2.45, 2.75) is 25.9 Å². The van der Waals surface area contributed by atoms with Gasteiger partial charge in [0, 0.05) is 0 Å². The molecule has 4 heteroatoms. The van der Waals surface area contributed by atoms with Crippen LogP contribution in [-0.2, 0) is 16.2 Å². The highest BCUT2D eigenvalue weighted by molar-refractivity contribution is 6.22. The summed E-state index contributed by atoms with van der Waals surface area (Å²) < 4.78 is 5.79. The summed E-state index contributed by atoms with van der Waals surface area (Å²) in [6, 6.07) is 17.3. The molecule has 5 rings (SSSR count). The maximum absolute atomic E-state index is 12.9. The Morgan fingerprint density at radius 3 is 2.08 bits per heavy atom. The van der Waals surface area contributed by atoms with Crippen molar-refractivity contribution in [3.05, 3.63) is 60.2 Å². The topological polar surface area (TPSA) is 46.6 Å². The van der Waals surface area contributed by atoms with E-state index in [0.717, 1.165) is 30.6 Å². The normalized spacial score (nSPS) is 29.3. The predicted molar refractivity (Wildman–Crippen MR) is 97.5 cm³/mol. The number of hydrogen-bond donors (Lipinski definition) is 0. The zero-order valence-electron chi connectivity index (χ0n) is 14.5. The zero-order chi connectivity index (χ0) is 17.7. The van der Waals surface area contributed by atoms with Crippen LogP contribution in [-0.4, -0.2) is 11.8 Å². The Morgan fingerprint density at radius 1 is 0.846 bits per heavy atom. The molecular weight excluding hydrogens is 326 g/mol. The lowest BCUT2D eigenvalue weighted by Gasteiger charge is -2.19. The van der Waals surface area contributed by atoms with Crippen molar-refractivity contribution in [2.75, 3.05) is 4.90 Å². The van der Waals surface area contributed by atoms with Gasteiger partial charge in [-0.3, -0.25) is 14.5 Å². The van der Waals surface area contributed by atoms with Gasteiger partial charge in [-0.15, -0.1) is 0 Å². The maximum Gasteiger partial charge on any atom is 0.237 e. The average molecular weight is 347 g/mol. The first-order valence-electron chi connectivity index (χ1n) is 9.37. The lowest BCUT2D eigenvalue weighted by atomic mass is 9.81. The molecule has 1 saturated heterocycles. The number of carbonyl (C=O) groups excluding carboxylic acids is 2. The predicted octanol–water partition coefficient (Wildman–Crippen LogP) is 3.80. The van der Waals surface area contributed by atoms with Gasteiger partial charge in [0.05, 0.1) is 17.5 Å². The second kappa shape index (κ2) is 5.97. The summed E-state index contributed by atoms with van der Waals surface area (Å²) >= 11 is 0. The van der Waals surface area contributed by atoms with Gasteiger partial charge in [0.15, 0.2) is 0 Å². The third kappa shape index (κ3) is 2.36.